The van der Waals surface area contributed by atoms with Crippen LogP contribution in [0.4, 0.5) is 0 Å². The third-order valence-corrected chi connectivity index (χ3v) is 4.14. The zero-order valence-electron chi connectivity index (χ0n) is 10.4. The fourth-order valence-electron chi connectivity index (χ4n) is 2.14. The highest BCUT2D eigenvalue weighted by Crippen LogP contribution is 2.19. The zero-order chi connectivity index (χ0) is 14.1. The predicted octanol–water partition coefficient (Wildman–Crippen LogP) is 2.81. The number of carboxylic acids is 1. The quantitative estimate of drug-likeness (QED) is 0.805. The second-order valence-electron chi connectivity index (χ2n) is 4.40. The fourth-order valence-corrected chi connectivity index (χ4v) is 2.99. The Morgan fingerprint density at radius 1 is 1.15 bits per heavy atom. The summed E-state index contributed by atoms with van der Waals surface area (Å²) >= 11 is 1.25. The average Bonchev–Trinajstić information content (AvgIpc) is 2.91. The molecule has 3 rings (SSSR count). The van der Waals surface area contributed by atoms with Gasteiger partial charge in [-0.1, -0.05) is 12.1 Å². The number of thiophene rings is 1. The first-order valence-corrected chi connectivity index (χ1v) is 6.87. The number of para-hydroxylation sites is 1. The molecule has 0 bridgehead atoms. The Morgan fingerprint density at radius 3 is 2.70 bits per heavy atom. The lowest BCUT2D eigenvalue weighted by Gasteiger charge is -2.09. The molecule has 100 valence electrons. The van der Waals surface area contributed by atoms with E-state index >= 15 is 0 Å². The maximum absolute atomic E-state index is 11.8. The Balaban J connectivity index is 2.04. The van der Waals surface area contributed by atoms with Gasteiger partial charge in [0, 0.05) is 22.5 Å². The maximum Gasteiger partial charge on any atom is 0.345 e. The van der Waals surface area contributed by atoms with Crippen LogP contribution in [0.2, 0.25) is 0 Å². The van der Waals surface area contributed by atoms with Crippen LogP contribution < -0.4 is 5.43 Å². The number of carboxylic acid groups (broad SMARTS) is 1. The number of rotatable bonds is 3. The molecule has 0 atom stereocenters. The molecule has 0 spiro atoms. The van der Waals surface area contributed by atoms with Crippen molar-refractivity contribution in [1.29, 1.82) is 0 Å². The standard InChI is InChI=1S/C15H11NO3S/c17-13-7-8-16(12-4-2-1-3-11(12)13)9-10-5-6-14(20-10)15(18)19/h1-8H,9H2,(H,18,19). The molecule has 0 fully saturated rings. The molecule has 0 aliphatic heterocycles. The van der Waals surface area contributed by atoms with Crippen molar-refractivity contribution < 1.29 is 9.90 Å². The number of fused-ring (bicyclic) bond motifs is 1. The molecule has 1 aromatic carbocycles. The number of hydrogen-bond donors (Lipinski definition) is 1. The van der Waals surface area contributed by atoms with E-state index in [1.54, 1.807) is 24.4 Å². The van der Waals surface area contributed by atoms with Crippen LogP contribution in [0.5, 0.6) is 0 Å². The summed E-state index contributed by atoms with van der Waals surface area (Å²) in [4.78, 5) is 23.9. The molecule has 20 heavy (non-hydrogen) atoms. The summed E-state index contributed by atoms with van der Waals surface area (Å²) in [6.07, 6.45) is 1.74. The molecule has 0 radical (unpaired) electrons. The topological polar surface area (TPSA) is 59.3 Å². The Morgan fingerprint density at radius 2 is 1.95 bits per heavy atom. The van der Waals surface area contributed by atoms with Gasteiger partial charge >= 0.3 is 5.97 Å². The smallest absolute Gasteiger partial charge is 0.345 e. The Kier molecular flexibility index (Phi) is 3.12. The molecule has 2 aromatic heterocycles. The molecule has 0 saturated carbocycles. The monoisotopic (exact) mass is 285 g/mol. The van der Waals surface area contributed by atoms with Crippen molar-refractivity contribution >= 4 is 28.2 Å². The summed E-state index contributed by atoms with van der Waals surface area (Å²) in [6.45, 7) is 0.554. The predicted molar refractivity (Wildman–Crippen MR) is 78.6 cm³/mol. The van der Waals surface area contributed by atoms with E-state index < -0.39 is 5.97 Å². The molecule has 5 heteroatoms. The highest BCUT2D eigenvalue weighted by Gasteiger charge is 2.08. The van der Waals surface area contributed by atoms with Gasteiger partial charge in [0.05, 0.1) is 12.1 Å². The van der Waals surface area contributed by atoms with Gasteiger partial charge in [0.15, 0.2) is 5.43 Å². The van der Waals surface area contributed by atoms with Gasteiger partial charge in [-0.2, -0.15) is 0 Å². The zero-order valence-corrected chi connectivity index (χ0v) is 11.3. The van der Waals surface area contributed by atoms with E-state index in [1.807, 2.05) is 22.8 Å². The van der Waals surface area contributed by atoms with Gasteiger partial charge < -0.3 is 9.67 Å². The first kappa shape index (κ1) is 12.6. The van der Waals surface area contributed by atoms with Gasteiger partial charge in [0.25, 0.3) is 0 Å². The number of hydrogen-bond acceptors (Lipinski definition) is 3. The van der Waals surface area contributed by atoms with Crippen molar-refractivity contribution in [3.63, 3.8) is 0 Å². The lowest BCUT2D eigenvalue weighted by atomic mass is 10.2. The van der Waals surface area contributed by atoms with E-state index in [-0.39, 0.29) is 5.43 Å². The van der Waals surface area contributed by atoms with Gasteiger partial charge in [-0.25, -0.2) is 4.79 Å². The number of benzene rings is 1. The van der Waals surface area contributed by atoms with E-state index in [2.05, 4.69) is 0 Å². The number of pyridine rings is 1. The van der Waals surface area contributed by atoms with Gasteiger partial charge in [0.2, 0.25) is 0 Å². The largest absolute Gasteiger partial charge is 0.477 e. The molecule has 4 nitrogen and oxygen atoms in total. The normalized spacial score (nSPS) is 10.8. The highest BCUT2D eigenvalue weighted by atomic mass is 32.1. The van der Waals surface area contributed by atoms with Crippen LogP contribution in [-0.4, -0.2) is 15.6 Å². The molecule has 0 unspecified atom stereocenters. The van der Waals surface area contributed by atoms with Crippen LogP contribution in [0.15, 0.2) is 53.5 Å². The van der Waals surface area contributed by atoms with Crippen LogP contribution in [0.1, 0.15) is 14.5 Å². The van der Waals surface area contributed by atoms with Gasteiger partial charge in [-0.05, 0) is 24.3 Å². The van der Waals surface area contributed by atoms with Crippen molar-refractivity contribution in [3.05, 3.63) is 68.6 Å². The van der Waals surface area contributed by atoms with Gasteiger partial charge in [-0.3, -0.25) is 4.79 Å². The molecule has 0 saturated heterocycles. The average molecular weight is 285 g/mol. The summed E-state index contributed by atoms with van der Waals surface area (Å²) in [7, 11) is 0. The van der Waals surface area contributed by atoms with E-state index in [9.17, 15) is 9.59 Å². The van der Waals surface area contributed by atoms with E-state index in [4.69, 9.17) is 5.11 Å². The minimum Gasteiger partial charge on any atom is -0.477 e. The van der Waals surface area contributed by atoms with Gasteiger partial charge in [-0.15, -0.1) is 11.3 Å². The first-order chi connectivity index (χ1) is 9.65. The van der Waals surface area contributed by atoms with Crippen molar-refractivity contribution in [3.8, 4) is 0 Å². The summed E-state index contributed by atoms with van der Waals surface area (Å²) in [5, 5.41) is 9.61. The SMILES string of the molecule is O=C(O)c1ccc(Cn2ccc(=O)c3ccccc32)s1. The summed E-state index contributed by atoms with van der Waals surface area (Å²) in [6, 6.07) is 12.4. The van der Waals surface area contributed by atoms with Crippen LogP contribution in [0.3, 0.4) is 0 Å². The Hall–Kier alpha value is -2.40. The van der Waals surface area contributed by atoms with Crippen molar-refractivity contribution in [1.82, 2.24) is 4.57 Å². The maximum atomic E-state index is 11.8. The molecule has 3 aromatic rings. The lowest BCUT2D eigenvalue weighted by Crippen LogP contribution is -2.07. The van der Waals surface area contributed by atoms with E-state index in [1.165, 1.54) is 17.4 Å². The molecular formula is C15H11NO3S. The molecule has 0 aliphatic carbocycles. The van der Waals surface area contributed by atoms with Crippen molar-refractivity contribution in [2.24, 2.45) is 0 Å². The molecule has 1 N–H and O–H groups in total. The number of aromatic nitrogens is 1. The summed E-state index contributed by atoms with van der Waals surface area (Å²) in [5.41, 5.74) is 0.847. The van der Waals surface area contributed by atoms with Crippen molar-refractivity contribution in [2.75, 3.05) is 0 Å². The third-order valence-electron chi connectivity index (χ3n) is 3.08. The first-order valence-electron chi connectivity index (χ1n) is 6.05. The Labute approximate surface area is 118 Å². The lowest BCUT2D eigenvalue weighted by molar-refractivity contribution is 0.0702. The minimum absolute atomic E-state index is 0.00532. The second kappa shape index (κ2) is 4.94. The van der Waals surface area contributed by atoms with Crippen molar-refractivity contribution in [2.45, 2.75) is 6.54 Å². The highest BCUT2D eigenvalue weighted by molar-refractivity contribution is 7.13. The second-order valence-corrected chi connectivity index (χ2v) is 5.56. The molecule has 0 aliphatic rings. The van der Waals surface area contributed by atoms with E-state index in [0.717, 1.165) is 10.4 Å². The van der Waals surface area contributed by atoms with Crippen LogP contribution in [-0.2, 0) is 6.54 Å². The minimum atomic E-state index is -0.911. The molecule has 0 amide bonds. The third kappa shape index (κ3) is 2.23. The van der Waals surface area contributed by atoms with Crippen LogP contribution >= 0.6 is 11.3 Å². The summed E-state index contributed by atoms with van der Waals surface area (Å²) < 4.78 is 1.95. The Bertz CT molecular complexity index is 847. The number of nitrogens with zero attached hydrogens (tertiary/aromatic N) is 1. The van der Waals surface area contributed by atoms with Crippen LogP contribution in [0, 0.1) is 0 Å². The summed E-state index contributed by atoms with van der Waals surface area (Å²) in [5.74, 6) is -0.911. The fraction of sp³-hybridized carbons (Fsp3) is 0.0667. The molecule has 2 heterocycles. The molecular weight excluding hydrogens is 274 g/mol. The van der Waals surface area contributed by atoms with Crippen LogP contribution in [0.25, 0.3) is 10.9 Å². The number of carbonyl (C=O) groups is 1. The number of aromatic carboxylic acids is 1. The van der Waals surface area contributed by atoms with Gasteiger partial charge in [0.1, 0.15) is 4.88 Å². The van der Waals surface area contributed by atoms with E-state index in [0.29, 0.717) is 16.8 Å².